The van der Waals surface area contributed by atoms with Gasteiger partial charge in [0.25, 0.3) is 5.91 Å². The maximum absolute atomic E-state index is 12.2. The molecule has 1 amide bonds. The first-order valence-corrected chi connectivity index (χ1v) is 8.58. The summed E-state index contributed by atoms with van der Waals surface area (Å²) in [5.41, 5.74) is 2.40. The Bertz CT molecular complexity index is 786. The Labute approximate surface area is 135 Å². The van der Waals surface area contributed by atoms with Crippen LogP contribution in [0.4, 0.5) is 0 Å². The number of carbonyl (C=O) groups excluding carboxylic acids is 1. The van der Waals surface area contributed by atoms with Crippen LogP contribution >= 0.6 is 0 Å². The lowest BCUT2D eigenvalue weighted by molar-refractivity contribution is 0.0950. The van der Waals surface area contributed by atoms with E-state index in [1.165, 1.54) is 12.1 Å². The van der Waals surface area contributed by atoms with Crippen molar-refractivity contribution in [3.05, 3.63) is 65.2 Å². The fourth-order valence-corrected chi connectivity index (χ4v) is 2.62. The van der Waals surface area contributed by atoms with Crippen molar-refractivity contribution in [3.63, 3.8) is 0 Å². The van der Waals surface area contributed by atoms with Gasteiger partial charge in [-0.2, -0.15) is 0 Å². The molecule has 0 aliphatic carbocycles. The maximum atomic E-state index is 12.2. The Kier molecular flexibility index (Phi) is 5.49. The van der Waals surface area contributed by atoms with E-state index >= 15 is 0 Å². The van der Waals surface area contributed by atoms with E-state index in [0.29, 0.717) is 18.7 Å². The lowest BCUT2D eigenvalue weighted by atomic mass is 10.1. The van der Waals surface area contributed by atoms with E-state index in [2.05, 4.69) is 10.6 Å². The Morgan fingerprint density at radius 2 is 1.74 bits per heavy atom. The number of primary sulfonamides is 1. The number of nitrogens with one attached hydrogen (secondary N) is 2. The van der Waals surface area contributed by atoms with Crippen molar-refractivity contribution >= 4 is 15.9 Å². The Morgan fingerprint density at radius 3 is 2.35 bits per heavy atom. The average molecular weight is 333 g/mol. The van der Waals surface area contributed by atoms with Crippen LogP contribution in [-0.2, 0) is 23.1 Å². The van der Waals surface area contributed by atoms with Crippen molar-refractivity contribution in [1.82, 2.24) is 10.6 Å². The number of hydrogen-bond donors (Lipinski definition) is 3. The van der Waals surface area contributed by atoms with Gasteiger partial charge >= 0.3 is 0 Å². The zero-order valence-electron chi connectivity index (χ0n) is 12.7. The largest absolute Gasteiger partial charge is 0.348 e. The van der Waals surface area contributed by atoms with Crippen molar-refractivity contribution in [1.29, 1.82) is 0 Å². The number of sulfonamides is 1. The third-order valence-electron chi connectivity index (χ3n) is 3.28. The van der Waals surface area contributed by atoms with Gasteiger partial charge < -0.3 is 10.6 Å². The molecule has 122 valence electrons. The molecule has 0 aliphatic heterocycles. The van der Waals surface area contributed by atoms with E-state index in [9.17, 15) is 13.2 Å². The molecule has 23 heavy (non-hydrogen) atoms. The van der Waals surface area contributed by atoms with Crippen LogP contribution in [0.1, 0.15) is 21.5 Å². The highest BCUT2D eigenvalue weighted by atomic mass is 32.2. The zero-order valence-corrected chi connectivity index (χ0v) is 13.6. The number of benzene rings is 2. The van der Waals surface area contributed by atoms with Crippen LogP contribution in [0.3, 0.4) is 0 Å². The molecule has 2 aromatic carbocycles. The van der Waals surface area contributed by atoms with Gasteiger partial charge in [-0.3, -0.25) is 4.79 Å². The fraction of sp³-hybridized carbons (Fsp3) is 0.188. The summed E-state index contributed by atoms with van der Waals surface area (Å²) in [7, 11) is -1.85. The molecule has 0 saturated carbocycles. The van der Waals surface area contributed by atoms with Crippen LogP contribution in [0.15, 0.2) is 53.4 Å². The Balaban J connectivity index is 2.00. The summed E-state index contributed by atoms with van der Waals surface area (Å²) in [6.07, 6.45) is 0. The van der Waals surface area contributed by atoms with Crippen molar-refractivity contribution in [2.24, 2.45) is 5.14 Å². The minimum absolute atomic E-state index is 0.0485. The van der Waals surface area contributed by atoms with E-state index in [-0.39, 0.29) is 10.8 Å². The number of hydrogen-bond acceptors (Lipinski definition) is 4. The van der Waals surface area contributed by atoms with Gasteiger partial charge in [-0.1, -0.05) is 24.3 Å². The minimum atomic E-state index is -3.70. The minimum Gasteiger partial charge on any atom is -0.348 e. The van der Waals surface area contributed by atoms with Crippen molar-refractivity contribution in [2.45, 2.75) is 18.0 Å². The zero-order chi connectivity index (χ0) is 16.9. The molecule has 2 rings (SSSR count). The normalized spacial score (nSPS) is 11.2. The van der Waals surface area contributed by atoms with Crippen LogP contribution < -0.4 is 15.8 Å². The summed E-state index contributed by atoms with van der Waals surface area (Å²) in [5.74, 6) is -0.182. The van der Waals surface area contributed by atoms with Gasteiger partial charge in [0.1, 0.15) is 0 Å². The first kappa shape index (κ1) is 17.1. The fourth-order valence-electron chi connectivity index (χ4n) is 2.11. The molecule has 0 unspecified atom stereocenters. The maximum Gasteiger partial charge on any atom is 0.251 e. The SMILES string of the molecule is CNCc1cccc(C(=O)NCc2ccc(S(N)(=O)=O)cc2)c1. The van der Waals surface area contributed by atoms with Crippen molar-refractivity contribution < 1.29 is 13.2 Å². The Hall–Kier alpha value is -2.22. The number of amides is 1. The van der Waals surface area contributed by atoms with Gasteiger partial charge in [-0.15, -0.1) is 0 Å². The molecule has 7 heteroatoms. The second-order valence-corrected chi connectivity index (χ2v) is 6.66. The van der Waals surface area contributed by atoms with E-state index in [4.69, 9.17) is 5.14 Å². The van der Waals surface area contributed by atoms with Crippen molar-refractivity contribution in [3.8, 4) is 0 Å². The molecule has 0 fully saturated rings. The second-order valence-electron chi connectivity index (χ2n) is 5.10. The lowest BCUT2D eigenvalue weighted by Gasteiger charge is -2.08. The summed E-state index contributed by atoms with van der Waals surface area (Å²) in [6.45, 7) is 0.996. The van der Waals surface area contributed by atoms with Crippen LogP contribution in [0.5, 0.6) is 0 Å². The quantitative estimate of drug-likeness (QED) is 0.733. The van der Waals surface area contributed by atoms with Crippen LogP contribution in [0.2, 0.25) is 0 Å². The molecule has 2 aromatic rings. The van der Waals surface area contributed by atoms with Crippen LogP contribution in [0, 0.1) is 0 Å². The summed E-state index contributed by atoms with van der Waals surface area (Å²) >= 11 is 0. The molecule has 4 N–H and O–H groups in total. The van der Waals surface area contributed by atoms with E-state index in [0.717, 1.165) is 11.1 Å². The molecule has 0 spiro atoms. The monoisotopic (exact) mass is 333 g/mol. The summed E-state index contributed by atoms with van der Waals surface area (Å²) < 4.78 is 22.4. The number of nitrogens with two attached hydrogens (primary N) is 1. The highest BCUT2D eigenvalue weighted by Gasteiger charge is 2.08. The molecule has 0 aromatic heterocycles. The molecule has 0 heterocycles. The van der Waals surface area contributed by atoms with Gasteiger partial charge in [-0.25, -0.2) is 13.6 Å². The van der Waals surface area contributed by atoms with Gasteiger partial charge in [0.15, 0.2) is 0 Å². The molecule has 0 radical (unpaired) electrons. The molecular formula is C16H19N3O3S. The highest BCUT2D eigenvalue weighted by Crippen LogP contribution is 2.09. The predicted molar refractivity (Wildman–Crippen MR) is 88.2 cm³/mol. The number of rotatable bonds is 6. The van der Waals surface area contributed by atoms with E-state index in [1.807, 2.05) is 25.2 Å². The average Bonchev–Trinajstić information content (AvgIpc) is 2.53. The standard InChI is InChI=1S/C16H19N3O3S/c1-18-10-13-3-2-4-14(9-13)16(20)19-11-12-5-7-15(8-6-12)23(17,21)22/h2-9,18H,10-11H2,1H3,(H,19,20)(H2,17,21,22). The molecule has 0 aliphatic rings. The number of carbonyl (C=O) groups is 1. The van der Waals surface area contributed by atoms with Crippen LogP contribution in [0.25, 0.3) is 0 Å². The second kappa shape index (κ2) is 7.36. The molecule has 0 bridgehead atoms. The van der Waals surface area contributed by atoms with Gasteiger partial charge in [0.05, 0.1) is 4.90 Å². The molecule has 6 nitrogen and oxygen atoms in total. The van der Waals surface area contributed by atoms with Gasteiger partial charge in [0, 0.05) is 18.7 Å². The summed E-state index contributed by atoms with van der Waals surface area (Å²) in [5, 5.41) is 10.9. The lowest BCUT2D eigenvalue weighted by Crippen LogP contribution is -2.23. The molecule has 0 saturated heterocycles. The first-order chi connectivity index (χ1) is 10.9. The summed E-state index contributed by atoms with van der Waals surface area (Å²) in [4.78, 5) is 12.2. The van der Waals surface area contributed by atoms with Gasteiger partial charge in [-0.05, 0) is 42.4 Å². The first-order valence-electron chi connectivity index (χ1n) is 7.03. The highest BCUT2D eigenvalue weighted by molar-refractivity contribution is 7.89. The van der Waals surface area contributed by atoms with E-state index in [1.54, 1.807) is 18.2 Å². The van der Waals surface area contributed by atoms with Gasteiger partial charge in [0.2, 0.25) is 10.0 Å². The van der Waals surface area contributed by atoms with Crippen molar-refractivity contribution in [2.75, 3.05) is 7.05 Å². The molecule has 0 atom stereocenters. The third kappa shape index (κ3) is 4.88. The smallest absolute Gasteiger partial charge is 0.251 e. The van der Waals surface area contributed by atoms with E-state index < -0.39 is 10.0 Å². The third-order valence-corrected chi connectivity index (χ3v) is 4.20. The summed E-state index contributed by atoms with van der Waals surface area (Å²) in [6, 6.07) is 13.4. The Morgan fingerprint density at radius 1 is 1.04 bits per heavy atom. The molecular weight excluding hydrogens is 314 g/mol. The predicted octanol–water partition coefficient (Wildman–Crippen LogP) is 0.983. The van der Waals surface area contributed by atoms with Crippen LogP contribution in [-0.4, -0.2) is 21.4 Å². The topological polar surface area (TPSA) is 101 Å².